The molecule has 0 amide bonds. The Morgan fingerprint density at radius 1 is 0.865 bits per heavy atom. The first-order valence-electron chi connectivity index (χ1n) is 17.1. The van der Waals surface area contributed by atoms with E-state index >= 15 is 0 Å². The van der Waals surface area contributed by atoms with Gasteiger partial charge in [0.2, 0.25) is 0 Å². The van der Waals surface area contributed by atoms with Crippen molar-refractivity contribution >= 4 is 47.0 Å². The molecule has 1 heterocycles. The molecule has 1 saturated heterocycles. The topological polar surface area (TPSA) is 144 Å². The molecule has 0 bridgehead atoms. The molecular formula is C40H47N3NiO7S. The van der Waals surface area contributed by atoms with Gasteiger partial charge in [-0.3, -0.25) is 24.5 Å². The fraction of sp³-hybridized carbons (Fsp3) is 0.425. The van der Waals surface area contributed by atoms with Gasteiger partial charge in [-0.1, -0.05) is 66.7 Å². The number of nitrogens with zero attached hydrogens (tertiary/aromatic N) is 3. The summed E-state index contributed by atoms with van der Waals surface area (Å²) < 4.78 is 11.0. The third-order valence-corrected chi connectivity index (χ3v) is 8.89. The molecule has 1 aliphatic heterocycles. The maximum absolute atomic E-state index is 13.9. The average Bonchev–Trinajstić information content (AvgIpc) is 3.52. The number of ether oxygens (including phenoxy) is 2. The number of hydrogen-bond donors (Lipinski definition) is 0. The number of likely N-dealkylation sites (tertiary alicyclic amines) is 1. The predicted molar refractivity (Wildman–Crippen MR) is 196 cm³/mol. The number of carboxylic acid groups (broad SMARTS) is 1. The standard InChI is InChI=1S/C40H49N3O7S.Ni/c1-39(2,3)49-37(47)29(38(48)50-40(4,5)6)24-31(36(45)46)41-34(26-16-9-8-10-17-26)28-19-12-13-20-30(28)42-35(44)32-21-15-23-43(32)25-27-18-11-14-22-33(27)51-7;/h8-14,16-20,22,29,31-32H,15,21,23-25H2,1-7H3,(H,42,44)(H,45,46);/q;+2/p-2/t31-,32-;/m0./s1. The monoisotopic (exact) mass is 771 g/mol. The van der Waals surface area contributed by atoms with Gasteiger partial charge in [0.25, 0.3) is 0 Å². The fourth-order valence-electron chi connectivity index (χ4n) is 5.82. The molecule has 1 aliphatic rings. The number of carbonyl (C=O) groups excluding carboxylic acids is 3. The van der Waals surface area contributed by atoms with E-state index in [1.54, 1.807) is 102 Å². The molecule has 0 saturated carbocycles. The number of esters is 2. The Bertz CT molecular complexity index is 1720. The Morgan fingerprint density at radius 3 is 2.04 bits per heavy atom. The second-order valence-corrected chi connectivity index (χ2v) is 15.3. The molecule has 0 N–H and O–H groups in total. The number of carboxylic acids is 1. The van der Waals surface area contributed by atoms with E-state index in [1.807, 2.05) is 24.5 Å². The molecular weight excluding hydrogens is 725 g/mol. The van der Waals surface area contributed by atoms with Gasteiger partial charge < -0.3 is 24.5 Å². The number of para-hydroxylation sites is 1. The maximum Gasteiger partial charge on any atom is 2.00 e. The zero-order valence-electron chi connectivity index (χ0n) is 30.7. The second kappa shape index (κ2) is 18.7. The van der Waals surface area contributed by atoms with Gasteiger partial charge in [0.15, 0.2) is 5.92 Å². The van der Waals surface area contributed by atoms with Crippen LogP contribution >= 0.6 is 11.8 Å². The van der Waals surface area contributed by atoms with Crippen molar-refractivity contribution in [2.24, 2.45) is 15.9 Å². The summed E-state index contributed by atoms with van der Waals surface area (Å²) in [5, 5.41) is 26.6. The summed E-state index contributed by atoms with van der Waals surface area (Å²) in [6.45, 7) is 11.3. The summed E-state index contributed by atoms with van der Waals surface area (Å²) in [5.74, 6) is -5.36. The summed E-state index contributed by atoms with van der Waals surface area (Å²) in [4.78, 5) is 51.8. The van der Waals surface area contributed by atoms with Crippen LogP contribution in [0.1, 0.15) is 77.5 Å². The van der Waals surface area contributed by atoms with Gasteiger partial charge in [0, 0.05) is 28.6 Å². The SMILES string of the molecule is CSc1ccccc1CN1CCC[C@H]1C([O-])=Nc1ccccc1C(=N[C@@H](CC(C(=O)OC(C)(C)C)C(=O)OC(C)(C)C)C(=O)[O-])c1ccccc1.[Ni+2]. The van der Waals surface area contributed by atoms with Crippen LogP contribution in [0.5, 0.6) is 0 Å². The van der Waals surface area contributed by atoms with Gasteiger partial charge in [0.1, 0.15) is 11.2 Å². The molecule has 0 spiro atoms. The van der Waals surface area contributed by atoms with Crippen LogP contribution in [0.25, 0.3) is 0 Å². The number of aliphatic imine (C=N–C) groups is 2. The number of thioether (sulfide) groups is 1. The minimum Gasteiger partial charge on any atom is -0.861 e. The third kappa shape index (κ3) is 12.0. The minimum absolute atomic E-state index is 0. The molecule has 0 unspecified atom stereocenters. The van der Waals surface area contributed by atoms with Crippen LogP contribution in [0.4, 0.5) is 5.69 Å². The van der Waals surface area contributed by atoms with E-state index in [-0.39, 0.29) is 28.1 Å². The van der Waals surface area contributed by atoms with Crippen LogP contribution in [0.15, 0.2) is 93.7 Å². The van der Waals surface area contributed by atoms with Crippen LogP contribution in [-0.4, -0.2) is 70.5 Å². The zero-order chi connectivity index (χ0) is 37.3. The van der Waals surface area contributed by atoms with Crippen molar-refractivity contribution in [1.29, 1.82) is 0 Å². The first-order valence-corrected chi connectivity index (χ1v) is 18.3. The molecule has 0 aromatic heterocycles. The molecule has 52 heavy (non-hydrogen) atoms. The average molecular weight is 773 g/mol. The minimum atomic E-state index is -1.67. The number of hydrogen-bond acceptors (Lipinski definition) is 11. The van der Waals surface area contributed by atoms with Crippen molar-refractivity contribution in [3.63, 3.8) is 0 Å². The van der Waals surface area contributed by atoms with Crippen molar-refractivity contribution in [3.05, 3.63) is 95.6 Å². The van der Waals surface area contributed by atoms with Crippen molar-refractivity contribution in [3.8, 4) is 0 Å². The second-order valence-electron chi connectivity index (χ2n) is 14.4. The molecule has 10 nitrogen and oxygen atoms in total. The molecule has 0 aliphatic carbocycles. The van der Waals surface area contributed by atoms with Crippen LogP contribution < -0.4 is 10.2 Å². The number of aliphatic carboxylic acids is 1. The molecule has 12 heteroatoms. The summed E-state index contributed by atoms with van der Waals surface area (Å²) in [6.07, 6.45) is 2.98. The van der Waals surface area contributed by atoms with E-state index in [9.17, 15) is 24.6 Å². The van der Waals surface area contributed by atoms with Crippen LogP contribution in [-0.2, 0) is 46.9 Å². The van der Waals surface area contributed by atoms with E-state index in [4.69, 9.17) is 9.47 Å². The van der Waals surface area contributed by atoms with E-state index in [1.165, 1.54) is 0 Å². The normalized spacial score (nSPS) is 16.3. The molecule has 280 valence electrons. The summed E-state index contributed by atoms with van der Waals surface area (Å²) in [7, 11) is 0. The van der Waals surface area contributed by atoms with Crippen LogP contribution in [0, 0.1) is 5.92 Å². The van der Waals surface area contributed by atoms with E-state index < -0.39 is 53.5 Å². The molecule has 3 aromatic carbocycles. The maximum atomic E-state index is 13.9. The van der Waals surface area contributed by atoms with Crippen LogP contribution in [0.2, 0.25) is 0 Å². The van der Waals surface area contributed by atoms with E-state index in [0.717, 1.165) is 23.4 Å². The molecule has 3 aromatic rings. The zero-order valence-corrected chi connectivity index (χ0v) is 32.5. The van der Waals surface area contributed by atoms with Gasteiger partial charge in [-0.25, -0.2) is 0 Å². The molecule has 4 rings (SSSR count). The Hall–Kier alpha value is -3.99. The Balaban J connectivity index is 0.00000729. The van der Waals surface area contributed by atoms with Crippen molar-refractivity contribution in [2.45, 2.75) is 95.5 Å². The van der Waals surface area contributed by atoms with Crippen molar-refractivity contribution < 1.29 is 50.6 Å². The summed E-state index contributed by atoms with van der Waals surface area (Å²) in [6, 6.07) is 21.8. The van der Waals surface area contributed by atoms with E-state index in [0.29, 0.717) is 29.8 Å². The van der Waals surface area contributed by atoms with Crippen molar-refractivity contribution in [2.75, 3.05) is 12.8 Å². The first kappa shape index (κ1) is 42.4. The van der Waals surface area contributed by atoms with E-state index in [2.05, 4.69) is 27.0 Å². The van der Waals surface area contributed by atoms with Gasteiger partial charge >= 0.3 is 28.4 Å². The largest absolute Gasteiger partial charge is 2.00 e. The number of rotatable bonds is 13. The molecule has 0 radical (unpaired) electrons. The smallest absolute Gasteiger partial charge is 0.861 e. The number of carbonyl (C=O) groups is 3. The van der Waals surface area contributed by atoms with Gasteiger partial charge in [-0.05, 0) is 97.2 Å². The predicted octanol–water partition coefficient (Wildman–Crippen LogP) is 5.11. The Labute approximate surface area is 321 Å². The Morgan fingerprint density at radius 2 is 1.44 bits per heavy atom. The first-order chi connectivity index (χ1) is 24.1. The third-order valence-electron chi connectivity index (χ3n) is 8.05. The van der Waals surface area contributed by atoms with Crippen LogP contribution in [0.3, 0.4) is 0 Å². The van der Waals surface area contributed by atoms with Gasteiger partial charge in [0.05, 0.1) is 23.4 Å². The summed E-state index contributed by atoms with van der Waals surface area (Å²) in [5.41, 5.74) is 0.719. The number of benzene rings is 3. The van der Waals surface area contributed by atoms with Gasteiger partial charge in [-0.15, -0.1) is 11.8 Å². The molecule has 1 fully saturated rings. The summed E-state index contributed by atoms with van der Waals surface area (Å²) >= 11 is 1.67. The fourth-order valence-corrected chi connectivity index (χ4v) is 6.43. The molecule has 2 atom stereocenters. The quantitative estimate of drug-likeness (QED) is 0.0579. The van der Waals surface area contributed by atoms with Crippen molar-refractivity contribution in [1.82, 2.24) is 4.90 Å². The van der Waals surface area contributed by atoms with Gasteiger partial charge in [-0.2, -0.15) is 0 Å². The Kier molecular flexibility index (Phi) is 15.2.